The molecule has 10 heteroatoms. The maximum absolute atomic E-state index is 13.5. The molecular weight excluding hydrogens is 545 g/mol. The van der Waals surface area contributed by atoms with Crippen molar-refractivity contribution in [1.29, 1.82) is 5.26 Å². The van der Waals surface area contributed by atoms with E-state index in [-0.39, 0.29) is 21.3 Å². The lowest BCUT2D eigenvalue weighted by Crippen LogP contribution is -2.33. The molecule has 0 saturated heterocycles. The minimum Gasteiger partial charge on any atom is -0.467 e. The molecule has 38 heavy (non-hydrogen) atoms. The summed E-state index contributed by atoms with van der Waals surface area (Å²) in [6.45, 7) is 0.0969. The molecule has 0 radical (unpaired) electrons. The van der Waals surface area contributed by atoms with Crippen LogP contribution in [0.1, 0.15) is 11.5 Å². The number of nitrogens with zero attached hydrogens (tertiary/aromatic N) is 2. The van der Waals surface area contributed by atoms with Crippen LogP contribution in [0.2, 0.25) is 10.0 Å². The van der Waals surface area contributed by atoms with Crippen molar-refractivity contribution in [3.05, 3.63) is 120 Å². The first-order valence-electron chi connectivity index (χ1n) is 11.2. The average molecular weight is 562 g/mol. The van der Waals surface area contributed by atoms with Gasteiger partial charge in [0.05, 0.1) is 23.0 Å². The highest BCUT2D eigenvalue weighted by atomic mass is 35.5. The topological polar surface area (TPSA) is 101 Å². The molecule has 0 fully saturated rings. The molecular formula is C28H17Cl2N3O4S. The zero-order valence-electron chi connectivity index (χ0n) is 19.5. The summed E-state index contributed by atoms with van der Waals surface area (Å²) in [6, 6.07) is 22.7. The first-order valence-corrected chi connectivity index (χ1v) is 12.8. The van der Waals surface area contributed by atoms with Gasteiger partial charge < -0.3 is 14.2 Å². The number of halogens is 2. The Hall–Kier alpha value is -4.29. The van der Waals surface area contributed by atoms with Crippen LogP contribution in [0.15, 0.2) is 92.7 Å². The molecule has 0 aliphatic carbocycles. The van der Waals surface area contributed by atoms with Gasteiger partial charge in [0.1, 0.15) is 28.0 Å². The highest BCUT2D eigenvalue weighted by molar-refractivity contribution is 7.07. The van der Waals surface area contributed by atoms with Gasteiger partial charge in [-0.2, -0.15) is 5.26 Å². The maximum Gasteiger partial charge on any atom is 0.273 e. The molecule has 3 heterocycles. The second kappa shape index (κ2) is 11.0. The highest BCUT2D eigenvalue weighted by Gasteiger charge is 2.17. The molecule has 5 aromatic rings. The van der Waals surface area contributed by atoms with E-state index in [1.165, 1.54) is 10.8 Å². The molecule has 188 valence electrons. The monoisotopic (exact) mass is 561 g/mol. The Bertz CT molecular complexity index is 1830. The standard InChI is InChI=1S/C28H17Cl2N3O4S/c29-18-11-17(12-19(30)13-18)24-9-8-21(37-24)14-25-27(35)33(20-5-2-1-3-6-20)28(38-25)23(15-31)26(34)32-16-22-7-4-10-36-22/h1-14H,16H2,(H,32,34). The number of hydrogen-bond acceptors (Lipinski definition) is 6. The third-order valence-corrected chi connectivity index (χ3v) is 6.97. The first-order chi connectivity index (χ1) is 18.4. The summed E-state index contributed by atoms with van der Waals surface area (Å²) in [5.74, 6) is 0.829. The molecule has 0 bridgehead atoms. The molecule has 0 aliphatic heterocycles. The molecule has 7 nitrogen and oxygen atoms in total. The minimum absolute atomic E-state index is 0.0969. The number of furan rings is 2. The Kier molecular flexibility index (Phi) is 7.33. The summed E-state index contributed by atoms with van der Waals surface area (Å²) in [4.78, 5) is 26.5. The van der Waals surface area contributed by atoms with Gasteiger partial charge in [-0.15, -0.1) is 11.3 Å². The van der Waals surface area contributed by atoms with E-state index < -0.39 is 11.5 Å². The molecule has 0 atom stereocenters. The Labute approximate surface area is 230 Å². The van der Waals surface area contributed by atoms with Crippen LogP contribution in [0.25, 0.3) is 28.7 Å². The maximum atomic E-state index is 13.5. The largest absolute Gasteiger partial charge is 0.467 e. The number of rotatable bonds is 6. The van der Waals surface area contributed by atoms with E-state index in [1.807, 2.05) is 12.1 Å². The summed E-state index contributed by atoms with van der Waals surface area (Å²) in [7, 11) is 0. The van der Waals surface area contributed by atoms with Crippen LogP contribution >= 0.6 is 34.5 Å². The Balaban J connectivity index is 1.62. The SMILES string of the molecule is N#CC(C(=O)NCc1ccco1)=c1sc(=Cc2ccc(-c3cc(Cl)cc(Cl)c3)o2)c(=O)n1-c1ccccc1. The fraction of sp³-hybridized carbons (Fsp3) is 0.0357. The van der Waals surface area contributed by atoms with Crippen molar-refractivity contribution in [2.75, 3.05) is 0 Å². The Morgan fingerprint density at radius 3 is 2.50 bits per heavy atom. The van der Waals surface area contributed by atoms with Crippen LogP contribution in [-0.4, -0.2) is 10.5 Å². The van der Waals surface area contributed by atoms with E-state index in [2.05, 4.69) is 5.32 Å². The van der Waals surface area contributed by atoms with Gasteiger partial charge in [-0.3, -0.25) is 14.2 Å². The molecule has 0 spiro atoms. The van der Waals surface area contributed by atoms with Gasteiger partial charge in [-0.25, -0.2) is 0 Å². The van der Waals surface area contributed by atoms with Crippen LogP contribution in [0, 0.1) is 11.3 Å². The molecule has 3 aromatic heterocycles. The second-order valence-corrected chi connectivity index (χ2v) is 9.90. The lowest BCUT2D eigenvalue weighted by Gasteiger charge is -2.04. The molecule has 1 N–H and O–H groups in total. The van der Waals surface area contributed by atoms with E-state index in [4.69, 9.17) is 32.0 Å². The number of amides is 1. The van der Waals surface area contributed by atoms with Crippen LogP contribution < -0.4 is 20.1 Å². The van der Waals surface area contributed by atoms with E-state index in [1.54, 1.807) is 72.8 Å². The van der Waals surface area contributed by atoms with Gasteiger partial charge in [0.2, 0.25) is 0 Å². The van der Waals surface area contributed by atoms with Gasteiger partial charge in [-0.05, 0) is 54.6 Å². The van der Waals surface area contributed by atoms with Crippen molar-refractivity contribution >= 4 is 52.1 Å². The number of benzene rings is 2. The van der Waals surface area contributed by atoms with Crippen molar-refractivity contribution in [3.8, 4) is 23.1 Å². The van der Waals surface area contributed by atoms with Gasteiger partial charge in [0.25, 0.3) is 11.5 Å². The van der Waals surface area contributed by atoms with Crippen LogP contribution in [0.3, 0.4) is 0 Å². The molecule has 0 saturated carbocycles. The van der Waals surface area contributed by atoms with E-state index in [0.717, 1.165) is 11.3 Å². The van der Waals surface area contributed by atoms with E-state index in [0.29, 0.717) is 38.6 Å². The van der Waals surface area contributed by atoms with Crippen molar-refractivity contribution in [3.63, 3.8) is 0 Å². The Morgan fingerprint density at radius 2 is 1.82 bits per heavy atom. The molecule has 2 aromatic carbocycles. The average Bonchev–Trinajstić information content (AvgIpc) is 3.65. The number of hydrogen-bond donors (Lipinski definition) is 1. The second-order valence-electron chi connectivity index (χ2n) is 8.00. The smallest absolute Gasteiger partial charge is 0.273 e. The summed E-state index contributed by atoms with van der Waals surface area (Å²) in [5.41, 5.74) is 0.607. The van der Waals surface area contributed by atoms with Crippen LogP contribution in [-0.2, 0) is 11.3 Å². The van der Waals surface area contributed by atoms with Gasteiger partial charge in [0.15, 0.2) is 5.57 Å². The van der Waals surface area contributed by atoms with Crippen LogP contribution in [0.4, 0.5) is 0 Å². The number of thiazole rings is 1. The summed E-state index contributed by atoms with van der Waals surface area (Å²) in [5, 5.41) is 13.5. The fourth-order valence-corrected chi connectivity index (χ4v) is 5.35. The predicted molar refractivity (Wildman–Crippen MR) is 146 cm³/mol. The van der Waals surface area contributed by atoms with Gasteiger partial charge >= 0.3 is 0 Å². The van der Waals surface area contributed by atoms with E-state index in [9.17, 15) is 14.9 Å². The fourth-order valence-electron chi connectivity index (χ4n) is 3.74. The summed E-state index contributed by atoms with van der Waals surface area (Å²) < 4.78 is 13.0. The number of para-hydroxylation sites is 1. The molecule has 0 unspecified atom stereocenters. The predicted octanol–water partition coefficient (Wildman–Crippen LogP) is 4.88. The zero-order chi connectivity index (χ0) is 26.6. The number of nitriles is 1. The lowest BCUT2D eigenvalue weighted by atomic mass is 10.2. The molecule has 1 amide bonds. The quantitative estimate of drug-likeness (QED) is 0.318. The van der Waals surface area contributed by atoms with Crippen molar-refractivity contribution < 1.29 is 13.6 Å². The first kappa shape index (κ1) is 25.4. The van der Waals surface area contributed by atoms with Gasteiger partial charge in [0, 0.05) is 21.7 Å². The summed E-state index contributed by atoms with van der Waals surface area (Å²) >= 11 is 13.2. The number of carbonyl (C=O) groups is 1. The van der Waals surface area contributed by atoms with Crippen molar-refractivity contribution in [2.45, 2.75) is 6.54 Å². The van der Waals surface area contributed by atoms with Crippen LogP contribution in [0.5, 0.6) is 0 Å². The Morgan fingerprint density at radius 1 is 1.05 bits per heavy atom. The third kappa shape index (κ3) is 5.36. The molecule has 5 rings (SSSR count). The lowest BCUT2D eigenvalue weighted by molar-refractivity contribution is -0.115. The number of carbonyl (C=O) groups excluding carboxylic acids is 1. The van der Waals surface area contributed by atoms with E-state index >= 15 is 0 Å². The normalized spacial score (nSPS) is 12.3. The third-order valence-electron chi connectivity index (χ3n) is 5.44. The minimum atomic E-state index is -0.625. The molecule has 0 aliphatic rings. The van der Waals surface area contributed by atoms with Crippen molar-refractivity contribution in [2.24, 2.45) is 0 Å². The van der Waals surface area contributed by atoms with Gasteiger partial charge in [-0.1, -0.05) is 41.4 Å². The number of aromatic nitrogens is 1. The highest BCUT2D eigenvalue weighted by Crippen LogP contribution is 2.28. The summed E-state index contributed by atoms with van der Waals surface area (Å²) in [6.07, 6.45) is 3.06. The number of nitrogens with one attached hydrogen (secondary N) is 1. The van der Waals surface area contributed by atoms with Crippen molar-refractivity contribution in [1.82, 2.24) is 9.88 Å². The zero-order valence-corrected chi connectivity index (χ0v) is 21.8.